The van der Waals surface area contributed by atoms with E-state index in [1.165, 1.54) is 21.9 Å². The SMILES string of the molecule is Cc1cc(-c2ccccc2)cc(OCC(C)C)c1[SiH3]. The molecule has 0 unspecified atom stereocenters. The Balaban J connectivity index is 2.36. The van der Waals surface area contributed by atoms with E-state index in [2.05, 4.69) is 57.2 Å². The fraction of sp³-hybridized carbons (Fsp3) is 0.294. The van der Waals surface area contributed by atoms with Crippen LogP contribution in [0.2, 0.25) is 0 Å². The van der Waals surface area contributed by atoms with Crippen LogP contribution < -0.4 is 9.92 Å². The Morgan fingerprint density at radius 1 is 1.05 bits per heavy atom. The van der Waals surface area contributed by atoms with E-state index in [9.17, 15) is 0 Å². The molecule has 2 heteroatoms. The molecular formula is C17H22OSi. The summed E-state index contributed by atoms with van der Waals surface area (Å²) >= 11 is 0. The van der Waals surface area contributed by atoms with Gasteiger partial charge in [-0.1, -0.05) is 50.2 Å². The molecule has 0 heterocycles. The fourth-order valence-electron chi connectivity index (χ4n) is 2.03. The molecule has 0 aromatic heterocycles. The Bertz CT molecular complexity index is 547. The van der Waals surface area contributed by atoms with E-state index >= 15 is 0 Å². The minimum Gasteiger partial charge on any atom is -0.493 e. The van der Waals surface area contributed by atoms with Gasteiger partial charge in [-0.25, -0.2) is 0 Å². The van der Waals surface area contributed by atoms with Gasteiger partial charge in [0.15, 0.2) is 0 Å². The number of ether oxygens (including phenoxy) is 1. The molecule has 0 atom stereocenters. The van der Waals surface area contributed by atoms with E-state index in [0.717, 1.165) is 22.6 Å². The molecule has 0 radical (unpaired) electrons. The lowest BCUT2D eigenvalue weighted by atomic mass is 10.0. The second-order valence-corrected chi connectivity index (χ2v) is 6.49. The molecule has 0 fully saturated rings. The molecule has 2 rings (SSSR count). The zero-order valence-electron chi connectivity index (χ0n) is 12.2. The molecule has 0 N–H and O–H groups in total. The predicted molar refractivity (Wildman–Crippen MR) is 86.5 cm³/mol. The van der Waals surface area contributed by atoms with Crippen molar-refractivity contribution in [1.29, 1.82) is 0 Å². The summed E-state index contributed by atoms with van der Waals surface area (Å²) in [6, 6.07) is 14.9. The maximum atomic E-state index is 5.98. The second-order valence-electron chi connectivity index (χ2n) is 5.49. The monoisotopic (exact) mass is 270 g/mol. The van der Waals surface area contributed by atoms with Crippen LogP contribution in [-0.4, -0.2) is 16.8 Å². The average Bonchev–Trinajstić information content (AvgIpc) is 2.41. The molecule has 0 saturated heterocycles. The van der Waals surface area contributed by atoms with Gasteiger partial charge in [-0.15, -0.1) is 0 Å². The van der Waals surface area contributed by atoms with Crippen LogP contribution in [0.4, 0.5) is 0 Å². The van der Waals surface area contributed by atoms with Crippen LogP contribution in [0.1, 0.15) is 19.4 Å². The third kappa shape index (κ3) is 3.48. The van der Waals surface area contributed by atoms with Crippen molar-refractivity contribution in [2.75, 3.05) is 6.61 Å². The van der Waals surface area contributed by atoms with Crippen molar-refractivity contribution < 1.29 is 4.74 Å². The third-order valence-electron chi connectivity index (χ3n) is 3.30. The van der Waals surface area contributed by atoms with Crippen LogP contribution in [0.25, 0.3) is 11.1 Å². The van der Waals surface area contributed by atoms with E-state index in [-0.39, 0.29) is 0 Å². The predicted octanol–water partition coefficient (Wildman–Crippen LogP) is 2.69. The smallest absolute Gasteiger partial charge is 0.118 e. The number of hydrogen-bond acceptors (Lipinski definition) is 1. The Morgan fingerprint density at radius 3 is 2.37 bits per heavy atom. The van der Waals surface area contributed by atoms with E-state index in [4.69, 9.17) is 4.74 Å². The topological polar surface area (TPSA) is 9.23 Å². The summed E-state index contributed by atoms with van der Waals surface area (Å²) in [4.78, 5) is 0. The lowest BCUT2D eigenvalue weighted by Crippen LogP contribution is -2.15. The number of benzene rings is 2. The first-order valence-corrected chi connectivity index (χ1v) is 7.87. The molecule has 2 aromatic rings. The van der Waals surface area contributed by atoms with Gasteiger partial charge in [0.05, 0.1) is 6.61 Å². The summed E-state index contributed by atoms with van der Waals surface area (Å²) in [5, 5.41) is 1.38. The van der Waals surface area contributed by atoms with E-state index in [1.807, 2.05) is 6.07 Å². The zero-order chi connectivity index (χ0) is 13.8. The largest absolute Gasteiger partial charge is 0.493 e. The molecule has 19 heavy (non-hydrogen) atoms. The lowest BCUT2D eigenvalue weighted by molar-refractivity contribution is 0.273. The van der Waals surface area contributed by atoms with Gasteiger partial charge < -0.3 is 4.74 Å². The van der Waals surface area contributed by atoms with Gasteiger partial charge in [-0.05, 0) is 40.8 Å². The van der Waals surface area contributed by atoms with Gasteiger partial charge in [0.2, 0.25) is 0 Å². The van der Waals surface area contributed by atoms with Crippen molar-refractivity contribution >= 4 is 15.4 Å². The number of hydrogen-bond donors (Lipinski definition) is 0. The van der Waals surface area contributed by atoms with Crippen LogP contribution >= 0.6 is 0 Å². The third-order valence-corrected chi connectivity index (χ3v) is 4.58. The maximum Gasteiger partial charge on any atom is 0.118 e. The van der Waals surface area contributed by atoms with Crippen molar-refractivity contribution in [2.24, 2.45) is 5.92 Å². The standard InChI is InChI=1S/C17H22OSi/c1-12(2)11-18-16-10-15(9-13(3)17(16)19)14-7-5-4-6-8-14/h4-10,12H,11H2,1-3,19H3. The quantitative estimate of drug-likeness (QED) is 0.776. The maximum absolute atomic E-state index is 5.98. The van der Waals surface area contributed by atoms with Crippen LogP contribution in [0.15, 0.2) is 42.5 Å². The minimum atomic E-state index is 0.557. The van der Waals surface area contributed by atoms with Crippen molar-refractivity contribution in [3.8, 4) is 16.9 Å². The first kappa shape index (κ1) is 13.9. The summed E-state index contributed by atoms with van der Waals surface area (Å²) < 4.78 is 5.98. The van der Waals surface area contributed by atoms with Gasteiger partial charge >= 0.3 is 0 Å². The highest BCUT2D eigenvalue weighted by Gasteiger charge is 2.07. The summed E-state index contributed by atoms with van der Waals surface area (Å²) in [6.45, 7) is 7.32. The van der Waals surface area contributed by atoms with Gasteiger partial charge in [0.1, 0.15) is 5.75 Å². The highest BCUT2D eigenvalue weighted by molar-refractivity contribution is 6.35. The summed E-state index contributed by atoms with van der Waals surface area (Å²) in [7, 11) is 1.02. The highest BCUT2D eigenvalue weighted by atomic mass is 28.1. The fourth-order valence-corrected chi connectivity index (χ4v) is 2.46. The number of rotatable bonds is 4. The summed E-state index contributed by atoms with van der Waals surface area (Å²) in [6.07, 6.45) is 0. The molecule has 0 aliphatic carbocycles. The Kier molecular flexibility index (Phi) is 4.43. The van der Waals surface area contributed by atoms with E-state index in [0.29, 0.717) is 5.92 Å². The highest BCUT2D eigenvalue weighted by Crippen LogP contribution is 2.24. The van der Waals surface area contributed by atoms with E-state index < -0.39 is 0 Å². The molecule has 100 valence electrons. The number of aryl methyl sites for hydroxylation is 1. The van der Waals surface area contributed by atoms with Gasteiger partial charge in [0, 0.05) is 10.2 Å². The summed E-state index contributed by atoms with van der Waals surface area (Å²) in [5.41, 5.74) is 3.84. The first-order valence-electron chi connectivity index (χ1n) is 6.87. The Labute approximate surface area is 119 Å². The lowest BCUT2D eigenvalue weighted by Gasteiger charge is -2.15. The molecule has 2 aromatic carbocycles. The molecular weight excluding hydrogens is 248 g/mol. The average molecular weight is 270 g/mol. The van der Waals surface area contributed by atoms with Crippen LogP contribution in [-0.2, 0) is 0 Å². The van der Waals surface area contributed by atoms with Gasteiger partial charge in [-0.3, -0.25) is 0 Å². The van der Waals surface area contributed by atoms with Gasteiger partial charge in [0.25, 0.3) is 0 Å². The molecule has 0 bridgehead atoms. The van der Waals surface area contributed by atoms with E-state index in [1.54, 1.807) is 0 Å². The summed E-state index contributed by atoms with van der Waals surface area (Å²) in [5.74, 6) is 1.63. The molecule has 0 spiro atoms. The second kappa shape index (κ2) is 6.07. The first-order chi connectivity index (χ1) is 9.08. The zero-order valence-corrected chi connectivity index (χ0v) is 14.2. The van der Waals surface area contributed by atoms with Crippen LogP contribution in [0, 0.1) is 12.8 Å². The normalized spacial score (nSPS) is 10.9. The van der Waals surface area contributed by atoms with Crippen molar-refractivity contribution in [3.63, 3.8) is 0 Å². The molecule has 0 saturated carbocycles. The van der Waals surface area contributed by atoms with Gasteiger partial charge in [-0.2, -0.15) is 0 Å². The molecule has 0 amide bonds. The van der Waals surface area contributed by atoms with Crippen molar-refractivity contribution in [2.45, 2.75) is 20.8 Å². The molecule has 0 aliphatic heterocycles. The molecule has 1 nitrogen and oxygen atoms in total. The van der Waals surface area contributed by atoms with Crippen molar-refractivity contribution in [1.82, 2.24) is 0 Å². The Hall–Kier alpha value is -1.54. The molecule has 0 aliphatic rings. The van der Waals surface area contributed by atoms with Crippen LogP contribution in [0.5, 0.6) is 5.75 Å². The van der Waals surface area contributed by atoms with Crippen molar-refractivity contribution in [3.05, 3.63) is 48.0 Å². The van der Waals surface area contributed by atoms with Crippen LogP contribution in [0.3, 0.4) is 0 Å². The Morgan fingerprint density at radius 2 is 1.74 bits per heavy atom. The minimum absolute atomic E-state index is 0.557.